The summed E-state index contributed by atoms with van der Waals surface area (Å²) in [6.07, 6.45) is 0. The highest BCUT2D eigenvalue weighted by molar-refractivity contribution is 5.94. The summed E-state index contributed by atoms with van der Waals surface area (Å²) >= 11 is 0. The number of morpholine rings is 1. The van der Waals surface area contributed by atoms with Crippen LogP contribution in [0.3, 0.4) is 0 Å². The van der Waals surface area contributed by atoms with E-state index in [2.05, 4.69) is 33.7 Å². The minimum absolute atomic E-state index is 0.0858. The Morgan fingerprint density at radius 1 is 1.00 bits per heavy atom. The fourth-order valence-electron chi connectivity index (χ4n) is 3.61. The van der Waals surface area contributed by atoms with E-state index in [1.54, 1.807) is 6.07 Å². The van der Waals surface area contributed by atoms with Crippen LogP contribution in [0.1, 0.15) is 18.1 Å². The van der Waals surface area contributed by atoms with Crippen molar-refractivity contribution < 1.29 is 19.0 Å². The molecule has 7 heteroatoms. The van der Waals surface area contributed by atoms with Gasteiger partial charge >= 0.3 is 0 Å². The van der Waals surface area contributed by atoms with Crippen LogP contribution < -0.4 is 20.1 Å². The lowest BCUT2D eigenvalue weighted by molar-refractivity contribution is -0.117. The summed E-state index contributed by atoms with van der Waals surface area (Å²) in [5.74, 6) is 1.29. The van der Waals surface area contributed by atoms with Crippen LogP contribution >= 0.6 is 0 Å². The van der Waals surface area contributed by atoms with Crippen LogP contribution in [0.2, 0.25) is 0 Å². The van der Waals surface area contributed by atoms with E-state index < -0.39 is 0 Å². The van der Waals surface area contributed by atoms with Crippen LogP contribution in [-0.2, 0) is 22.6 Å². The number of fused-ring (bicyclic) bond motifs is 1. The van der Waals surface area contributed by atoms with Gasteiger partial charge in [-0.15, -0.1) is 0 Å². The molecule has 30 heavy (non-hydrogen) atoms. The zero-order chi connectivity index (χ0) is 20.8. The number of hydrogen-bond donors (Lipinski definition) is 2. The Balaban J connectivity index is 1.32. The Hall–Kier alpha value is -2.61. The third kappa shape index (κ3) is 5.30. The molecule has 0 aliphatic carbocycles. The first-order valence-corrected chi connectivity index (χ1v) is 10.5. The van der Waals surface area contributed by atoms with Gasteiger partial charge < -0.3 is 24.8 Å². The number of hydrogen-bond acceptors (Lipinski definition) is 6. The van der Waals surface area contributed by atoms with Gasteiger partial charge in [0.2, 0.25) is 5.91 Å². The summed E-state index contributed by atoms with van der Waals surface area (Å²) < 4.78 is 16.5. The van der Waals surface area contributed by atoms with Crippen LogP contribution in [-0.4, -0.2) is 56.4 Å². The molecular weight excluding hydrogens is 382 g/mol. The number of ether oxygens (including phenoxy) is 3. The summed E-state index contributed by atoms with van der Waals surface area (Å²) in [7, 11) is 0. The lowest BCUT2D eigenvalue weighted by Crippen LogP contribution is -2.38. The molecule has 4 rings (SSSR count). The van der Waals surface area contributed by atoms with Gasteiger partial charge in [-0.1, -0.05) is 24.3 Å². The highest BCUT2D eigenvalue weighted by Gasteiger charge is 2.17. The quantitative estimate of drug-likeness (QED) is 0.729. The molecule has 0 spiro atoms. The molecule has 2 aliphatic heterocycles. The van der Waals surface area contributed by atoms with Crippen LogP contribution in [0, 0.1) is 0 Å². The molecular formula is C23H29N3O4. The van der Waals surface area contributed by atoms with E-state index in [0.29, 0.717) is 36.9 Å². The van der Waals surface area contributed by atoms with E-state index in [-0.39, 0.29) is 11.9 Å². The summed E-state index contributed by atoms with van der Waals surface area (Å²) in [6, 6.07) is 13.5. The second-order valence-electron chi connectivity index (χ2n) is 7.61. The maximum Gasteiger partial charge on any atom is 0.241 e. The topological polar surface area (TPSA) is 72.1 Å². The first-order valence-electron chi connectivity index (χ1n) is 10.5. The smallest absolute Gasteiger partial charge is 0.241 e. The van der Waals surface area contributed by atoms with Gasteiger partial charge in [-0.2, -0.15) is 0 Å². The van der Waals surface area contributed by atoms with Gasteiger partial charge in [-0.05, 0) is 30.2 Å². The maximum absolute atomic E-state index is 12.6. The number of rotatable bonds is 7. The monoisotopic (exact) mass is 411 g/mol. The van der Waals surface area contributed by atoms with Gasteiger partial charge in [0.05, 0.1) is 19.3 Å². The minimum Gasteiger partial charge on any atom is -0.486 e. The standard InChI is InChI=1S/C23H29N3O4/c1-17(23(27)25-20-6-7-21-22(14-20)30-13-12-29-21)24-15-18-4-2-3-5-19(18)16-26-8-10-28-11-9-26/h2-7,14,17,24H,8-13,15-16H2,1H3,(H,25,27). The Kier molecular flexibility index (Phi) is 6.84. The number of carbonyl (C=O) groups excluding carboxylic acids is 1. The molecule has 0 saturated carbocycles. The van der Waals surface area contributed by atoms with Gasteiger partial charge in [0, 0.05) is 37.9 Å². The molecule has 1 atom stereocenters. The third-order valence-electron chi connectivity index (χ3n) is 5.42. The first kappa shape index (κ1) is 20.7. The summed E-state index contributed by atoms with van der Waals surface area (Å²) in [5, 5.41) is 6.30. The van der Waals surface area contributed by atoms with Crippen LogP contribution in [0.15, 0.2) is 42.5 Å². The van der Waals surface area contributed by atoms with Gasteiger partial charge in [-0.25, -0.2) is 0 Å². The molecule has 160 valence electrons. The Labute approximate surface area is 177 Å². The van der Waals surface area contributed by atoms with Crippen molar-refractivity contribution >= 4 is 11.6 Å². The van der Waals surface area contributed by atoms with E-state index in [9.17, 15) is 4.79 Å². The minimum atomic E-state index is -0.338. The molecule has 2 heterocycles. The molecule has 1 fully saturated rings. The van der Waals surface area contributed by atoms with Crippen molar-refractivity contribution in [3.05, 3.63) is 53.6 Å². The predicted molar refractivity (Wildman–Crippen MR) is 115 cm³/mol. The average molecular weight is 412 g/mol. The van der Waals surface area contributed by atoms with Gasteiger partial charge in [0.15, 0.2) is 11.5 Å². The molecule has 2 N–H and O–H groups in total. The highest BCUT2D eigenvalue weighted by atomic mass is 16.6. The third-order valence-corrected chi connectivity index (χ3v) is 5.42. The van der Waals surface area contributed by atoms with E-state index in [1.807, 2.05) is 25.1 Å². The van der Waals surface area contributed by atoms with Crippen molar-refractivity contribution in [3.8, 4) is 11.5 Å². The Bertz CT molecular complexity index is 867. The van der Waals surface area contributed by atoms with E-state index in [0.717, 1.165) is 32.8 Å². The second kappa shape index (κ2) is 9.93. The zero-order valence-electron chi connectivity index (χ0n) is 17.4. The SMILES string of the molecule is CC(NCc1ccccc1CN1CCOCC1)C(=O)Nc1ccc2c(c1)OCCO2. The Morgan fingerprint density at radius 3 is 2.53 bits per heavy atom. The lowest BCUT2D eigenvalue weighted by atomic mass is 10.1. The summed E-state index contributed by atoms with van der Waals surface area (Å²) in [5.41, 5.74) is 3.19. The summed E-state index contributed by atoms with van der Waals surface area (Å²) in [4.78, 5) is 15.0. The molecule has 0 aromatic heterocycles. The largest absolute Gasteiger partial charge is 0.486 e. The molecule has 1 unspecified atom stereocenters. The molecule has 0 radical (unpaired) electrons. The Morgan fingerprint density at radius 2 is 1.73 bits per heavy atom. The van der Waals surface area contributed by atoms with Crippen molar-refractivity contribution in [3.63, 3.8) is 0 Å². The van der Waals surface area contributed by atoms with Crippen LogP contribution in [0.25, 0.3) is 0 Å². The maximum atomic E-state index is 12.6. The van der Waals surface area contributed by atoms with Crippen molar-refractivity contribution in [1.29, 1.82) is 0 Å². The predicted octanol–water partition coefficient (Wildman–Crippen LogP) is 2.41. The number of anilines is 1. The van der Waals surface area contributed by atoms with E-state index >= 15 is 0 Å². The van der Waals surface area contributed by atoms with Gasteiger partial charge in [-0.3, -0.25) is 9.69 Å². The summed E-state index contributed by atoms with van der Waals surface area (Å²) in [6.45, 7) is 7.97. The van der Waals surface area contributed by atoms with E-state index in [4.69, 9.17) is 14.2 Å². The molecule has 2 aromatic rings. The van der Waals surface area contributed by atoms with Crippen LogP contribution in [0.5, 0.6) is 11.5 Å². The first-order chi connectivity index (χ1) is 14.7. The lowest BCUT2D eigenvalue weighted by Gasteiger charge is -2.27. The normalized spacial score (nSPS) is 17.4. The number of amides is 1. The average Bonchev–Trinajstić information content (AvgIpc) is 2.79. The molecule has 1 saturated heterocycles. The zero-order valence-corrected chi connectivity index (χ0v) is 17.4. The fraction of sp³-hybridized carbons (Fsp3) is 0.435. The number of nitrogens with one attached hydrogen (secondary N) is 2. The molecule has 0 bridgehead atoms. The van der Waals surface area contributed by atoms with E-state index in [1.165, 1.54) is 11.1 Å². The molecule has 7 nitrogen and oxygen atoms in total. The van der Waals surface area contributed by atoms with Gasteiger partial charge in [0.25, 0.3) is 0 Å². The van der Waals surface area contributed by atoms with Crippen molar-refractivity contribution in [2.75, 3.05) is 44.8 Å². The fourth-order valence-corrected chi connectivity index (χ4v) is 3.61. The second-order valence-corrected chi connectivity index (χ2v) is 7.61. The molecule has 1 amide bonds. The van der Waals surface area contributed by atoms with Crippen molar-refractivity contribution in [1.82, 2.24) is 10.2 Å². The highest BCUT2D eigenvalue weighted by Crippen LogP contribution is 2.32. The van der Waals surface area contributed by atoms with Crippen molar-refractivity contribution in [2.24, 2.45) is 0 Å². The molecule has 2 aliphatic rings. The van der Waals surface area contributed by atoms with Crippen LogP contribution in [0.4, 0.5) is 5.69 Å². The number of nitrogens with zero attached hydrogens (tertiary/aromatic N) is 1. The molecule has 2 aromatic carbocycles. The number of benzene rings is 2. The van der Waals surface area contributed by atoms with Crippen molar-refractivity contribution in [2.45, 2.75) is 26.1 Å². The van der Waals surface area contributed by atoms with Gasteiger partial charge in [0.1, 0.15) is 13.2 Å². The number of carbonyl (C=O) groups is 1.